The standard InChI is InChI=1S/C120H24N8/c121-23-35(24-122)59-45-5-1-3-39-49-17-33-15-31-7-9-41-43-11-14-48-62(38(29-127)30-128)58-22-54-52-20-56-60(36(25-123)26-124)46-6-2-4-40-50-18-34-16-32-8-10-42-44-12-13-47-61(37(27-125)28-126)57-21-53-51-19-55(59)81(67(39)45)89-75(49)87-65(33)85-63(31)69(41)93-95-71(43)74(48)84(58)92-80(54)100-98-78(52)90(82(56)68(40)46)76(50)88-66(34)86-64(32)70(42)94-96-72(44)73(47)83(57)91-79(53)99-97(77(51)89)103(87)111-101(85)107(93)115-114(106(92)95)110(100)118-112(104(88)98)102(86)108(94)116-113(105(91)96)109(99)117(111)119(115)120(116)118/h1-22,105,113H. The molecule has 0 radical (unpaired) electrons. The van der Waals surface area contributed by atoms with Crippen molar-refractivity contribution in [2.24, 2.45) is 0 Å². The summed E-state index contributed by atoms with van der Waals surface area (Å²) in [4.78, 5) is 0. The van der Waals surface area contributed by atoms with Crippen molar-refractivity contribution in [3.63, 3.8) is 0 Å². The zero-order valence-corrected chi connectivity index (χ0v) is 65.4. The number of hydrogen-bond acceptors (Lipinski definition) is 8. The largest absolute Gasteiger partial charge is 0.192 e. The van der Waals surface area contributed by atoms with Crippen LogP contribution in [-0.4, -0.2) is 0 Å². The first-order valence-corrected chi connectivity index (χ1v) is 44.0. The highest BCUT2D eigenvalue weighted by Gasteiger charge is 2.53. The molecule has 0 saturated carbocycles. The van der Waals surface area contributed by atoms with Crippen LogP contribution in [0.25, 0.3) is 432 Å². The number of fused-ring (bicyclic) bond motifs is 6. The Hall–Kier alpha value is -18.4. The van der Waals surface area contributed by atoms with E-state index in [9.17, 15) is 42.1 Å². The predicted molar refractivity (Wildman–Crippen MR) is 523 cm³/mol. The van der Waals surface area contributed by atoms with E-state index in [-0.39, 0.29) is 34.1 Å². The van der Waals surface area contributed by atoms with Crippen molar-refractivity contribution in [3.8, 4) is 48.6 Å². The van der Waals surface area contributed by atoms with E-state index in [4.69, 9.17) is 0 Å². The second-order valence-corrected chi connectivity index (χ2v) is 39.6. The average Bonchev–Trinajstić information content (AvgIpc) is 0.846. The maximum atomic E-state index is 11.8. The summed E-state index contributed by atoms with van der Waals surface area (Å²) in [5.74, 6) is -0.584. The first-order valence-electron chi connectivity index (χ1n) is 44.0. The highest BCUT2D eigenvalue weighted by molar-refractivity contribution is 6.74. The van der Waals surface area contributed by atoms with Crippen LogP contribution in [0.3, 0.4) is 0 Å². The quantitative estimate of drug-likeness (QED) is 0.106. The Morgan fingerprint density at radius 3 is 0.758 bits per heavy atom. The minimum Gasteiger partial charge on any atom is -0.192 e. The van der Waals surface area contributed by atoms with Crippen molar-refractivity contribution in [2.75, 3.05) is 0 Å². The fourth-order valence-electron chi connectivity index (χ4n) is 34.1. The molecule has 38 aromatic rings. The molecule has 0 aliphatic heterocycles. The Kier molecular flexibility index (Phi) is 7.06. The lowest BCUT2D eigenvalue weighted by Crippen LogP contribution is -2.26. The van der Waals surface area contributed by atoms with E-state index in [0.29, 0.717) is 20.9 Å². The van der Waals surface area contributed by atoms with Crippen LogP contribution in [0.1, 0.15) is 34.1 Å². The van der Waals surface area contributed by atoms with Crippen molar-refractivity contribution >= 4 is 432 Å². The zero-order chi connectivity index (χ0) is 81.2. The third kappa shape index (κ3) is 4.36. The Bertz CT molecular complexity index is 13500. The van der Waals surface area contributed by atoms with Crippen molar-refractivity contribution in [1.29, 1.82) is 42.1 Å². The van der Waals surface area contributed by atoms with Crippen molar-refractivity contribution in [3.05, 3.63) is 177 Å². The smallest absolute Gasteiger partial charge is 0.138 e. The molecule has 4 aliphatic rings. The topological polar surface area (TPSA) is 190 Å². The summed E-state index contributed by atoms with van der Waals surface area (Å²) in [5, 5.41) is 185. The highest BCUT2D eigenvalue weighted by atomic mass is 14.6. The summed E-state index contributed by atoms with van der Waals surface area (Å²) < 4.78 is 0. The first-order chi connectivity index (χ1) is 63.4. The summed E-state index contributed by atoms with van der Waals surface area (Å²) >= 11 is 0. The SMILES string of the molecule is N#CC(C#N)=c1c2cc3c4cc5c(=C(C#N)C#N)c6cccc7c8cc9cc%10ccc%11c%12ccc%13c(=C(C#N)C#N)c%14cc%15c%16cc%17c(=C(C#N)C#N)c%18cccc%19c%20cc%21cc%22ccc%23c%24ccc1c1c2c2c3c3c%25c%26c%27c%28c%29c%30c(c(c%241)C2C%25%29)c%23c%22c1c%21c2c%20c(c%17c%18%19)c%16c%16c%17c%15c%15c%14c%13c%12c%12c%13c%11c%10c%10c9c9c8c(c5c67)c4c3c9c%26c%10c%13c%27c(c%17c%28c(c%301)c2%16)c%15%12. The lowest BCUT2D eigenvalue weighted by atomic mass is 9.55. The van der Waals surface area contributed by atoms with E-state index in [1.54, 1.807) is 0 Å². The molecular formula is C120H24N8. The van der Waals surface area contributed by atoms with Crippen LogP contribution in [0, 0.1) is 90.6 Å². The monoisotopic (exact) mass is 1580 g/mol. The van der Waals surface area contributed by atoms with E-state index in [1.807, 2.05) is 0 Å². The summed E-state index contributed by atoms with van der Waals surface area (Å²) in [6, 6.07) is 71.6. The Balaban J connectivity index is 0.913. The van der Waals surface area contributed by atoms with E-state index in [1.165, 1.54) is 243 Å². The molecule has 0 amide bonds. The number of rotatable bonds is 0. The second kappa shape index (κ2) is 15.9. The van der Waals surface area contributed by atoms with Crippen molar-refractivity contribution < 1.29 is 0 Å². The molecule has 8 nitrogen and oxygen atoms in total. The zero-order valence-electron chi connectivity index (χ0n) is 65.4. The fraction of sp³-hybridized carbons (Fsp3) is 0.0167. The van der Waals surface area contributed by atoms with E-state index in [2.05, 4.69) is 182 Å². The molecule has 0 spiro atoms. The van der Waals surface area contributed by atoms with Gasteiger partial charge in [-0.15, -0.1) is 0 Å². The Morgan fingerprint density at radius 2 is 0.328 bits per heavy atom. The van der Waals surface area contributed by atoms with Gasteiger partial charge in [0.25, 0.3) is 0 Å². The molecular weight excluding hydrogens is 1550 g/mol. The van der Waals surface area contributed by atoms with Gasteiger partial charge in [-0.3, -0.25) is 0 Å². The van der Waals surface area contributed by atoms with Crippen LogP contribution in [-0.2, 0) is 0 Å². The van der Waals surface area contributed by atoms with Gasteiger partial charge in [0.1, 0.15) is 70.8 Å². The molecule has 0 saturated heterocycles. The van der Waals surface area contributed by atoms with Gasteiger partial charge in [-0.25, -0.2) is 0 Å². The summed E-state index contributed by atoms with van der Waals surface area (Å²) in [6.45, 7) is 0. The number of benzene rings is 34. The first kappa shape index (κ1) is 57.0. The number of nitriles is 8. The van der Waals surface area contributed by atoms with Crippen LogP contribution in [0.4, 0.5) is 0 Å². The molecule has 0 fully saturated rings. The van der Waals surface area contributed by atoms with Crippen LogP contribution in [0.5, 0.6) is 0 Å². The van der Waals surface area contributed by atoms with Gasteiger partial charge in [0, 0.05) is 32.7 Å². The summed E-state index contributed by atoms with van der Waals surface area (Å²) in [5.41, 5.74) is 5.66. The van der Waals surface area contributed by atoms with E-state index < -0.39 is 0 Å². The average molecular weight is 1580 g/mol. The maximum absolute atomic E-state index is 11.8. The van der Waals surface area contributed by atoms with Gasteiger partial charge in [0.15, 0.2) is 0 Å². The Labute approximate surface area is 705 Å². The number of nitrogens with zero attached hydrogens (tertiary/aromatic N) is 8. The van der Waals surface area contributed by atoms with Crippen molar-refractivity contribution in [2.45, 2.75) is 11.8 Å². The van der Waals surface area contributed by atoms with Gasteiger partial charge in [0.2, 0.25) is 0 Å². The minimum absolute atomic E-state index is 0.0654. The number of hydrogen-bond donors (Lipinski definition) is 0. The van der Waals surface area contributed by atoms with Crippen LogP contribution in [0.2, 0.25) is 0 Å². The van der Waals surface area contributed by atoms with Gasteiger partial charge >= 0.3 is 0 Å². The molecule has 0 N–H and O–H groups in total. The molecule has 8 heteroatoms. The Morgan fingerprint density at radius 1 is 0.141 bits per heavy atom. The molecule has 2 unspecified atom stereocenters. The lowest BCUT2D eigenvalue weighted by molar-refractivity contribution is 0.719. The van der Waals surface area contributed by atoms with Gasteiger partial charge in [-0.2, -0.15) is 42.1 Å². The normalized spacial score (nSPS) is 15.8. The molecule has 128 heavy (non-hydrogen) atoms. The van der Waals surface area contributed by atoms with Crippen LogP contribution in [0.15, 0.2) is 133 Å². The minimum atomic E-state index is -0.296. The lowest BCUT2D eigenvalue weighted by Gasteiger charge is -2.47. The maximum Gasteiger partial charge on any atom is 0.138 e. The molecule has 0 heterocycles. The van der Waals surface area contributed by atoms with E-state index >= 15 is 0 Å². The molecule has 0 bridgehead atoms. The molecule has 0 aromatic heterocycles. The predicted octanol–water partition coefficient (Wildman–Crippen LogP) is 27.6. The molecule has 2 atom stereocenters. The molecule has 42 rings (SSSR count). The second-order valence-electron chi connectivity index (χ2n) is 39.6. The van der Waals surface area contributed by atoms with Gasteiger partial charge in [-0.05, 0) is 480 Å². The van der Waals surface area contributed by atoms with Crippen LogP contribution < -0.4 is 20.9 Å². The van der Waals surface area contributed by atoms with Gasteiger partial charge in [-0.1, -0.05) is 84.9 Å². The van der Waals surface area contributed by atoms with E-state index in [0.717, 1.165) is 189 Å². The third-order valence-electron chi connectivity index (χ3n) is 36.7. The summed E-state index contributed by atoms with van der Waals surface area (Å²) in [6.07, 6.45) is 0. The van der Waals surface area contributed by atoms with Gasteiger partial charge in [0.05, 0.1) is 0 Å². The third-order valence-corrected chi connectivity index (χ3v) is 36.7. The van der Waals surface area contributed by atoms with Crippen molar-refractivity contribution in [1.82, 2.24) is 0 Å². The van der Waals surface area contributed by atoms with Gasteiger partial charge < -0.3 is 0 Å². The summed E-state index contributed by atoms with van der Waals surface area (Å²) in [7, 11) is 0. The molecule has 38 aromatic carbocycles. The highest BCUT2D eigenvalue weighted by Crippen LogP contribution is 2.78. The molecule has 544 valence electrons. The fourth-order valence-corrected chi connectivity index (χ4v) is 34.1. The van der Waals surface area contributed by atoms with Crippen LogP contribution >= 0.6 is 0 Å². The molecule has 4 aliphatic carbocycles.